The highest BCUT2D eigenvalue weighted by molar-refractivity contribution is 5.82. The van der Waals surface area contributed by atoms with Crippen molar-refractivity contribution in [2.24, 2.45) is 0 Å². The lowest BCUT2D eigenvalue weighted by Gasteiger charge is -2.40. The van der Waals surface area contributed by atoms with Crippen LogP contribution in [-0.4, -0.2) is 66.7 Å². The summed E-state index contributed by atoms with van der Waals surface area (Å²) in [5, 5.41) is 0. The molecule has 4 rings (SSSR count). The van der Waals surface area contributed by atoms with Crippen molar-refractivity contribution in [2.45, 2.75) is 24.7 Å². The van der Waals surface area contributed by atoms with Crippen LogP contribution < -0.4 is 0 Å². The van der Waals surface area contributed by atoms with E-state index in [1.54, 1.807) is 18.0 Å². The fourth-order valence-electron chi connectivity index (χ4n) is 4.47. The smallest absolute Gasteiger partial charge is 0.321 e. The molecule has 2 aliphatic rings. The van der Waals surface area contributed by atoms with Gasteiger partial charge >= 0.3 is 6.03 Å². The zero-order chi connectivity index (χ0) is 22.1. The Hall–Kier alpha value is -2.80. The van der Waals surface area contributed by atoms with Gasteiger partial charge in [0, 0.05) is 32.2 Å². The van der Waals surface area contributed by atoms with Crippen molar-refractivity contribution < 1.29 is 18.0 Å². The molecule has 2 aromatic rings. The Morgan fingerprint density at radius 2 is 1.87 bits per heavy atom. The molecule has 0 unspecified atom stereocenters. The molecular formula is C24H26F3N3O. The Morgan fingerprint density at radius 1 is 1.13 bits per heavy atom. The van der Waals surface area contributed by atoms with Gasteiger partial charge < -0.3 is 14.7 Å². The van der Waals surface area contributed by atoms with Crippen LogP contribution in [0.1, 0.15) is 23.6 Å². The highest BCUT2D eigenvalue weighted by Gasteiger charge is 2.38. The normalized spacial score (nSPS) is 24.2. The Morgan fingerprint density at radius 3 is 2.58 bits per heavy atom. The van der Waals surface area contributed by atoms with Gasteiger partial charge in [0.1, 0.15) is 17.8 Å². The molecule has 0 spiro atoms. The summed E-state index contributed by atoms with van der Waals surface area (Å²) in [5.41, 5.74) is 1.53. The van der Waals surface area contributed by atoms with Crippen LogP contribution >= 0.6 is 0 Å². The summed E-state index contributed by atoms with van der Waals surface area (Å²) in [7, 11) is 3.48. The second kappa shape index (κ2) is 8.75. The number of carbonyl (C=O) groups is 1. The molecule has 2 aromatic carbocycles. The number of piperidine rings is 1. The molecule has 2 amide bonds. The van der Waals surface area contributed by atoms with Gasteiger partial charge in [-0.3, -0.25) is 0 Å². The Kier molecular flexibility index (Phi) is 6.05. The second-order valence-corrected chi connectivity index (χ2v) is 8.33. The maximum absolute atomic E-state index is 14.7. The van der Waals surface area contributed by atoms with Gasteiger partial charge in [-0.15, -0.1) is 0 Å². The van der Waals surface area contributed by atoms with Gasteiger partial charge in [-0.05, 0) is 42.8 Å². The minimum atomic E-state index is -1.14. The standard InChI is InChI=1S/C24H26F3N3O/c1-28-11-10-22(21(27)15-28)29(2)24(31)30-14-17(19-13-18(25)8-9-20(19)26)12-23(30)16-6-4-3-5-7-16/h3-9,12-13,21-23H,10-11,14-15H2,1-2H3/t21-,22-,23-/m0/s1. The van der Waals surface area contributed by atoms with E-state index in [9.17, 15) is 18.0 Å². The van der Waals surface area contributed by atoms with Gasteiger partial charge in [0.05, 0.1) is 12.1 Å². The number of hydrogen-bond acceptors (Lipinski definition) is 2. The Balaban J connectivity index is 1.64. The van der Waals surface area contributed by atoms with Crippen molar-refractivity contribution in [2.75, 3.05) is 33.7 Å². The van der Waals surface area contributed by atoms with E-state index in [1.165, 1.54) is 4.90 Å². The molecule has 2 heterocycles. The molecule has 0 saturated carbocycles. The largest absolute Gasteiger partial charge is 0.322 e. The van der Waals surface area contributed by atoms with Gasteiger partial charge in [-0.25, -0.2) is 18.0 Å². The summed E-state index contributed by atoms with van der Waals surface area (Å²) in [6.07, 6.45) is 1.20. The van der Waals surface area contributed by atoms with E-state index in [-0.39, 0.29) is 24.7 Å². The SMILES string of the molecule is CN1CC[C@H](N(C)C(=O)N2CC(c3cc(F)ccc3F)=C[C@H]2c2ccccc2)[C@@H](F)C1. The zero-order valence-electron chi connectivity index (χ0n) is 17.6. The van der Waals surface area contributed by atoms with Crippen LogP contribution in [0.15, 0.2) is 54.6 Å². The molecule has 1 fully saturated rings. The minimum absolute atomic E-state index is 0.118. The lowest BCUT2D eigenvalue weighted by atomic mass is 10.0. The highest BCUT2D eigenvalue weighted by Crippen LogP contribution is 2.37. The quantitative estimate of drug-likeness (QED) is 0.718. The average Bonchev–Trinajstić information content (AvgIpc) is 3.20. The number of amides is 2. The summed E-state index contributed by atoms with van der Waals surface area (Å²) in [4.78, 5) is 18.4. The first kappa shape index (κ1) is 21.4. The number of alkyl halides is 1. The summed E-state index contributed by atoms with van der Waals surface area (Å²) in [6.45, 7) is 1.11. The van der Waals surface area contributed by atoms with E-state index in [1.807, 2.05) is 42.3 Å². The van der Waals surface area contributed by atoms with Crippen molar-refractivity contribution in [3.63, 3.8) is 0 Å². The molecule has 7 heteroatoms. The van der Waals surface area contributed by atoms with E-state index in [0.717, 1.165) is 23.8 Å². The fraction of sp³-hybridized carbons (Fsp3) is 0.375. The number of rotatable bonds is 3. The van der Waals surface area contributed by atoms with E-state index < -0.39 is 29.9 Å². The van der Waals surface area contributed by atoms with Crippen molar-refractivity contribution in [1.82, 2.24) is 14.7 Å². The van der Waals surface area contributed by atoms with E-state index in [2.05, 4.69) is 0 Å². The molecule has 0 bridgehead atoms. The summed E-state index contributed by atoms with van der Waals surface area (Å²) >= 11 is 0. The van der Waals surface area contributed by atoms with Gasteiger partial charge in [0.25, 0.3) is 0 Å². The highest BCUT2D eigenvalue weighted by atomic mass is 19.1. The van der Waals surface area contributed by atoms with Crippen LogP contribution in [0.3, 0.4) is 0 Å². The maximum Gasteiger partial charge on any atom is 0.321 e. The number of likely N-dealkylation sites (tertiary alicyclic amines) is 1. The first-order valence-electron chi connectivity index (χ1n) is 10.4. The second-order valence-electron chi connectivity index (χ2n) is 8.33. The van der Waals surface area contributed by atoms with Crippen LogP contribution in [-0.2, 0) is 0 Å². The number of urea groups is 1. The predicted molar refractivity (Wildman–Crippen MR) is 114 cm³/mol. The molecule has 2 aliphatic heterocycles. The van der Waals surface area contributed by atoms with Crippen LogP contribution in [0.5, 0.6) is 0 Å². The molecule has 1 saturated heterocycles. The Bertz CT molecular complexity index is 981. The molecule has 3 atom stereocenters. The Labute approximate surface area is 180 Å². The molecule has 164 valence electrons. The average molecular weight is 429 g/mol. The molecule has 0 aliphatic carbocycles. The first-order chi connectivity index (χ1) is 14.8. The molecule has 31 heavy (non-hydrogen) atoms. The molecule has 4 nitrogen and oxygen atoms in total. The van der Waals surface area contributed by atoms with E-state index in [0.29, 0.717) is 18.5 Å². The van der Waals surface area contributed by atoms with Gasteiger partial charge in [-0.1, -0.05) is 36.4 Å². The molecular weight excluding hydrogens is 403 g/mol. The topological polar surface area (TPSA) is 26.8 Å². The number of nitrogens with zero attached hydrogens (tertiary/aromatic N) is 3. The third-order valence-electron chi connectivity index (χ3n) is 6.21. The fourth-order valence-corrected chi connectivity index (χ4v) is 4.47. The predicted octanol–water partition coefficient (Wildman–Crippen LogP) is 4.50. The van der Waals surface area contributed by atoms with Crippen molar-refractivity contribution in [3.8, 4) is 0 Å². The van der Waals surface area contributed by atoms with Crippen molar-refractivity contribution in [1.29, 1.82) is 0 Å². The monoisotopic (exact) mass is 429 g/mol. The molecule has 0 radical (unpaired) electrons. The lowest BCUT2D eigenvalue weighted by molar-refractivity contribution is 0.0601. The summed E-state index contributed by atoms with van der Waals surface area (Å²) in [6, 6.07) is 11.4. The number of carbonyl (C=O) groups excluding carboxylic acids is 1. The number of benzene rings is 2. The van der Waals surface area contributed by atoms with Crippen LogP contribution in [0, 0.1) is 11.6 Å². The summed E-state index contributed by atoms with van der Waals surface area (Å²) < 4.78 is 42.9. The van der Waals surface area contributed by atoms with Crippen LogP contribution in [0.25, 0.3) is 5.57 Å². The molecule has 0 N–H and O–H groups in total. The summed E-state index contributed by atoms with van der Waals surface area (Å²) in [5.74, 6) is -1.08. The van der Waals surface area contributed by atoms with Gasteiger partial charge in [-0.2, -0.15) is 0 Å². The van der Waals surface area contributed by atoms with Gasteiger partial charge in [0.15, 0.2) is 0 Å². The molecule has 0 aromatic heterocycles. The maximum atomic E-state index is 14.7. The zero-order valence-corrected chi connectivity index (χ0v) is 17.6. The van der Waals surface area contributed by atoms with E-state index in [4.69, 9.17) is 0 Å². The minimum Gasteiger partial charge on any atom is -0.322 e. The third kappa shape index (κ3) is 4.32. The van der Waals surface area contributed by atoms with Crippen LogP contribution in [0.4, 0.5) is 18.0 Å². The van der Waals surface area contributed by atoms with Crippen LogP contribution in [0.2, 0.25) is 0 Å². The first-order valence-corrected chi connectivity index (χ1v) is 10.4. The number of halogens is 3. The van der Waals surface area contributed by atoms with Gasteiger partial charge in [0.2, 0.25) is 0 Å². The third-order valence-corrected chi connectivity index (χ3v) is 6.21. The van der Waals surface area contributed by atoms with Crippen molar-refractivity contribution >= 4 is 11.6 Å². The van der Waals surface area contributed by atoms with E-state index >= 15 is 0 Å². The number of hydrogen-bond donors (Lipinski definition) is 0. The van der Waals surface area contributed by atoms with Crippen molar-refractivity contribution in [3.05, 3.63) is 77.4 Å². The lowest BCUT2D eigenvalue weighted by Crippen LogP contribution is -2.54.